The Morgan fingerprint density at radius 3 is 2.33 bits per heavy atom. The predicted molar refractivity (Wildman–Crippen MR) is 157 cm³/mol. The van der Waals surface area contributed by atoms with Crippen molar-refractivity contribution in [1.29, 1.82) is 0 Å². The fourth-order valence-corrected chi connectivity index (χ4v) is 6.49. The fraction of sp³-hybridized carbons (Fsp3) is 0.517. The van der Waals surface area contributed by atoms with Gasteiger partial charge in [-0.2, -0.15) is 19.5 Å². The van der Waals surface area contributed by atoms with Crippen molar-refractivity contribution in [2.24, 2.45) is 5.92 Å². The minimum Gasteiger partial charge on any atom is -0.461 e. The number of rotatable bonds is 8. The zero-order chi connectivity index (χ0) is 29.7. The van der Waals surface area contributed by atoms with Gasteiger partial charge in [-0.1, -0.05) is 10.3 Å². The van der Waals surface area contributed by atoms with Gasteiger partial charge in [-0.05, 0) is 58.6 Å². The number of aromatic nitrogens is 7. The van der Waals surface area contributed by atoms with Crippen molar-refractivity contribution in [2.75, 3.05) is 43.4 Å². The van der Waals surface area contributed by atoms with Crippen LogP contribution in [0.5, 0.6) is 0 Å². The van der Waals surface area contributed by atoms with Crippen LogP contribution in [0.4, 0.5) is 11.9 Å². The van der Waals surface area contributed by atoms with Crippen LogP contribution in [0.2, 0.25) is 0 Å². The first kappa shape index (κ1) is 27.5. The van der Waals surface area contributed by atoms with E-state index >= 15 is 0 Å². The van der Waals surface area contributed by atoms with Crippen LogP contribution in [0, 0.1) is 33.6 Å². The van der Waals surface area contributed by atoms with Crippen molar-refractivity contribution in [2.45, 2.75) is 59.7 Å². The van der Waals surface area contributed by atoms with Gasteiger partial charge in [-0.3, -0.25) is 9.80 Å². The van der Waals surface area contributed by atoms with Gasteiger partial charge in [0.05, 0.1) is 17.7 Å². The van der Waals surface area contributed by atoms with Crippen molar-refractivity contribution in [3.05, 3.63) is 52.4 Å². The summed E-state index contributed by atoms with van der Waals surface area (Å²) < 4.78 is 17.9. The molecule has 7 heterocycles. The maximum absolute atomic E-state index is 6.28. The van der Waals surface area contributed by atoms with Crippen LogP contribution in [0.25, 0.3) is 17.4 Å². The lowest BCUT2D eigenvalue weighted by Gasteiger charge is -2.47. The zero-order valence-electron chi connectivity index (χ0n) is 25.0. The zero-order valence-corrected chi connectivity index (χ0v) is 25.0. The topological polar surface area (TPSA) is 157 Å². The van der Waals surface area contributed by atoms with Gasteiger partial charge in [-0.25, -0.2) is 0 Å². The summed E-state index contributed by atoms with van der Waals surface area (Å²) in [5.74, 6) is 4.57. The highest BCUT2D eigenvalue weighted by Crippen LogP contribution is 2.29. The molecule has 0 saturated carbocycles. The van der Waals surface area contributed by atoms with Crippen molar-refractivity contribution >= 4 is 17.7 Å². The Hall–Kier alpha value is -4.30. The van der Waals surface area contributed by atoms with Gasteiger partial charge in [0, 0.05) is 63.0 Å². The number of furan rings is 1. The number of piperazine rings is 1. The third-order valence-corrected chi connectivity index (χ3v) is 8.89. The molecule has 0 amide bonds. The normalized spacial score (nSPS) is 19.5. The second-order valence-corrected chi connectivity index (χ2v) is 11.8. The first-order valence-electron chi connectivity index (χ1n) is 14.8. The second kappa shape index (κ2) is 11.1. The van der Waals surface area contributed by atoms with E-state index in [-0.39, 0.29) is 5.95 Å². The number of nitrogen functional groups attached to an aromatic ring is 1. The summed E-state index contributed by atoms with van der Waals surface area (Å²) in [6.07, 6.45) is 3.84. The number of fused-ring (bicyclic) bond motifs is 2. The molecule has 2 aliphatic rings. The molecular weight excluding hydrogens is 550 g/mol. The SMILES string of the molecule is Cc1noc(C)c1CN(Cc1c(C)noc1C)CC1CCC2CN(c3nc(N)n4nc(-c5ccco5)nc4n3)CCN2C1. The monoisotopic (exact) mass is 587 g/mol. The van der Waals surface area contributed by atoms with Crippen LogP contribution in [-0.2, 0) is 13.1 Å². The molecule has 0 spiro atoms. The van der Waals surface area contributed by atoms with Gasteiger partial charge >= 0.3 is 0 Å². The molecule has 2 atom stereocenters. The van der Waals surface area contributed by atoms with E-state index in [4.69, 9.17) is 24.2 Å². The quantitative estimate of drug-likeness (QED) is 0.282. The number of aryl methyl sites for hydroxylation is 4. The highest BCUT2D eigenvalue weighted by atomic mass is 16.5. The third-order valence-electron chi connectivity index (χ3n) is 8.89. The Labute approximate surface area is 248 Å². The van der Waals surface area contributed by atoms with Crippen molar-refractivity contribution < 1.29 is 13.5 Å². The van der Waals surface area contributed by atoms with E-state index in [0.29, 0.717) is 35.3 Å². The van der Waals surface area contributed by atoms with Crippen molar-refractivity contribution in [3.8, 4) is 11.6 Å². The smallest absolute Gasteiger partial charge is 0.259 e. The summed E-state index contributed by atoms with van der Waals surface area (Å²) in [4.78, 5) is 21.2. The molecule has 0 aromatic carbocycles. The lowest BCUT2D eigenvalue weighted by atomic mass is 9.90. The van der Waals surface area contributed by atoms with Gasteiger partial charge < -0.3 is 24.1 Å². The minimum absolute atomic E-state index is 0.258. The highest BCUT2D eigenvalue weighted by Gasteiger charge is 2.35. The molecule has 14 nitrogen and oxygen atoms in total. The molecule has 0 aliphatic carbocycles. The lowest BCUT2D eigenvalue weighted by molar-refractivity contribution is 0.0720. The molecule has 2 fully saturated rings. The summed E-state index contributed by atoms with van der Waals surface area (Å²) in [6.45, 7) is 14.2. The van der Waals surface area contributed by atoms with Crippen LogP contribution < -0.4 is 10.6 Å². The Bertz CT molecular complexity index is 1640. The molecule has 226 valence electrons. The highest BCUT2D eigenvalue weighted by molar-refractivity contribution is 5.53. The maximum atomic E-state index is 6.28. The molecule has 0 radical (unpaired) electrons. The van der Waals surface area contributed by atoms with Gasteiger partial charge in [0.15, 0.2) is 5.76 Å². The summed E-state index contributed by atoms with van der Waals surface area (Å²) >= 11 is 0. The van der Waals surface area contributed by atoms with Crippen molar-refractivity contribution in [1.82, 2.24) is 44.7 Å². The van der Waals surface area contributed by atoms with Crippen LogP contribution in [0.15, 0.2) is 31.9 Å². The third kappa shape index (κ3) is 5.36. The van der Waals surface area contributed by atoms with Crippen LogP contribution in [0.1, 0.15) is 46.9 Å². The summed E-state index contributed by atoms with van der Waals surface area (Å²) in [6, 6.07) is 4.04. The molecule has 2 N–H and O–H groups in total. The minimum atomic E-state index is 0.258. The first-order valence-corrected chi connectivity index (χ1v) is 14.8. The maximum Gasteiger partial charge on any atom is 0.259 e. The van der Waals surface area contributed by atoms with E-state index in [2.05, 4.69) is 40.1 Å². The molecule has 7 rings (SSSR count). The van der Waals surface area contributed by atoms with E-state index in [1.165, 1.54) is 4.52 Å². The summed E-state index contributed by atoms with van der Waals surface area (Å²) in [5.41, 5.74) is 10.5. The fourth-order valence-electron chi connectivity index (χ4n) is 6.49. The van der Waals surface area contributed by atoms with Gasteiger partial charge in [0.25, 0.3) is 5.78 Å². The predicted octanol–water partition coefficient (Wildman–Crippen LogP) is 3.17. The van der Waals surface area contributed by atoms with E-state index < -0.39 is 0 Å². The van der Waals surface area contributed by atoms with Crippen LogP contribution in [0.3, 0.4) is 0 Å². The Kier molecular flexibility index (Phi) is 7.09. The van der Waals surface area contributed by atoms with Crippen LogP contribution >= 0.6 is 0 Å². The number of anilines is 2. The first-order chi connectivity index (χ1) is 20.8. The molecule has 14 heteroatoms. The Morgan fingerprint density at radius 2 is 1.67 bits per heavy atom. The average molecular weight is 588 g/mol. The molecule has 0 bridgehead atoms. The molecule has 43 heavy (non-hydrogen) atoms. The number of nitrogens with two attached hydrogens (primary N) is 1. The second-order valence-electron chi connectivity index (χ2n) is 11.8. The lowest BCUT2D eigenvalue weighted by Crippen LogP contribution is -2.57. The Balaban J connectivity index is 1.03. The van der Waals surface area contributed by atoms with Crippen molar-refractivity contribution in [3.63, 3.8) is 0 Å². The number of hydrogen-bond donors (Lipinski definition) is 1. The largest absolute Gasteiger partial charge is 0.461 e. The van der Waals surface area contributed by atoms with Gasteiger partial charge in [0.1, 0.15) is 11.5 Å². The standard InChI is InChI=1S/C29H37N11O3/c1-17-23(19(3)42-35-17)15-37(16-24-18(2)36-43-20(24)4)12-21-7-8-22-14-39(10-9-38(22)13-21)28-32-27(30)40-29(33-28)31-26(34-40)25-6-5-11-41-25/h5-6,11,21-22H,7-10,12-16H2,1-4H3,(H2,30,31,32,33,34). The van der Waals surface area contributed by atoms with Gasteiger partial charge in [-0.15, -0.1) is 5.10 Å². The number of hydrogen-bond acceptors (Lipinski definition) is 13. The number of nitrogens with zero attached hydrogens (tertiary/aromatic N) is 10. The average Bonchev–Trinajstić information content (AvgIpc) is 3.80. The molecule has 5 aromatic heterocycles. The molecule has 5 aromatic rings. The van der Waals surface area contributed by atoms with E-state index in [9.17, 15) is 0 Å². The van der Waals surface area contributed by atoms with E-state index in [0.717, 1.165) is 92.7 Å². The molecule has 2 unspecified atom stereocenters. The molecular formula is C29H37N11O3. The summed E-state index contributed by atoms with van der Waals surface area (Å²) in [7, 11) is 0. The molecule has 2 aliphatic heterocycles. The Morgan fingerprint density at radius 1 is 0.930 bits per heavy atom. The van der Waals surface area contributed by atoms with E-state index in [1.807, 2.05) is 33.8 Å². The van der Waals surface area contributed by atoms with Gasteiger partial charge in [0.2, 0.25) is 17.7 Å². The van der Waals surface area contributed by atoms with Crippen LogP contribution in [-0.4, -0.2) is 83.4 Å². The van der Waals surface area contributed by atoms with E-state index in [1.54, 1.807) is 12.3 Å². The number of piperidine rings is 1. The molecule has 2 saturated heterocycles. The summed E-state index contributed by atoms with van der Waals surface area (Å²) in [5, 5.41) is 12.8.